The topological polar surface area (TPSA) is 55.6 Å². The van der Waals surface area contributed by atoms with Crippen molar-refractivity contribution in [2.75, 3.05) is 7.05 Å². The molecule has 2 aromatic heterocycles. The number of aromatic nitrogens is 4. The summed E-state index contributed by atoms with van der Waals surface area (Å²) >= 11 is 1.42. The fourth-order valence-corrected chi connectivity index (χ4v) is 2.35. The Hall–Kier alpha value is -1.27. The molecule has 0 saturated carbocycles. The van der Waals surface area contributed by atoms with Crippen LogP contribution in [0.25, 0.3) is 0 Å². The van der Waals surface area contributed by atoms with Crippen LogP contribution in [0, 0.1) is 6.92 Å². The van der Waals surface area contributed by atoms with Crippen molar-refractivity contribution in [1.82, 2.24) is 24.7 Å². The lowest BCUT2D eigenvalue weighted by Crippen LogP contribution is -2.20. The van der Waals surface area contributed by atoms with Crippen LogP contribution in [-0.4, -0.2) is 26.4 Å². The van der Waals surface area contributed by atoms with Crippen LogP contribution in [0.2, 0.25) is 0 Å². The van der Waals surface area contributed by atoms with Crippen molar-refractivity contribution < 1.29 is 0 Å². The van der Waals surface area contributed by atoms with Gasteiger partial charge >= 0.3 is 0 Å². The maximum Gasteiger partial charge on any atom is 0.0874 e. The average molecular weight is 223 g/mol. The van der Waals surface area contributed by atoms with Gasteiger partial charge in [-0.1, -0.05) is 4.49 Å². The summed E-state index contributed by atoms with van der Waals surface area (Å²) < 4.78 is 5.81. The number of hydrogen-bond acceptors (Lipinski definition) is 5. The largest absolute Gasteiger partial charge is 0.307 e. The van der Waals surface area contributed by atoms with E-state index in [9.17, 15) is 0 Å². The lowest BCUT2D eigenvalue weighted by Gasteiger charge is -2.14. The summed E-state index contributed by atoms with van der Waals surface area (Å²) in [4.78, 5) is 1.14. The molecule has 6 heteroatoms. The van der Waals surface area contributed by atoms with E-state index in [1.165, 1.54) is 11.5 Å². The molecule has 0 aliphatic rings. The molecule has 0 fully saturated rings. The van der Waals surface area contributed by atoms with Gasteiger partial charge in [-0.3, -0.25) is 4.68 Å². The van der Waals surface area contributed by atoms with Crippen molar-refractivity contribution in [3.05, 3.63) is 28.5 Å². The molecule has 0 aliphatic carbocycles. The van der Waals surface area contributed by atoms with E-state index in [-0.39, 0.29) is 6.04 Å². The van der Waals surface area contributed by atoms with Gasteiger partial charge < -0.3 is 5.32 Å². The highest BCUT2D eigenvalue weighted by Gasteiger charge is 2.19. The number of aryl methyl sites for hydroxylation is 2. The van der Waals surface area contributed by atoms with Gasteiger partial charge in [0.25, 0.3) is 0 Å². The minimum Gasteiger partial charge on any atom is -0.307 e. The summed E-state index contributed by atoms with van der Waals surface area (Å²) in [6.07, 6.45) is 1.80. The molecule has 1 atom stereocenters. The molecule has 5 nitrogen and oxygen atoms in total. The number of rotatable bonds is 3. The Morgan fingerprint density at radius 2 is 2.33 bits per heavy atom. The molecule has 0 saturated heterocycles. The first kappa shape index (κ1) is 10.3. The zero-order valence-electron chi connectivity index (χ0n) is 8.93. The zero-order valence-corrected chi connectivity index (χ0v) is 9.75. The second-order valence-electron chi connectivity index (χ2n) is 3.32. The minimum atomic E-state index is 0.123. The first-order chi connectivity index (χ1) is 7.24. The van der Waals surface area contributed by atoms with Gasteiger partial charge in [-0.15, -0.1) is 5.10 Å². The summed E-state index contributed by atoms with van der Waals surface area (Å²) in [6, 6.07) is 2.12. The fraction of sp³-hybridized carbons (Fsp3) is 0.444. The highest BCUT2D eigenvalue weighted by Crippen LogP contribution is 2.25. The molecule has 1 N–H and O–H groups in total. The summed E-state index contributed by atoms with van der Waals surface area (Å²) in [6.45, 7) is 1.97. The molecule has 80 valence electrons. The maximum absolute atomic E-state index is 4.17. The Balaban J connectivity index is 2.41. The van der Waals surface area contributed by atoms with Crippen molar-refractivity contribution in [3.8, 4) is 0 Å². The van der Waals surface area contributed by atoms with Crippen LogP contribution in [-0.2, 0) is 7.05 Å². The Kier molecular flexibility index (Phi) is 2.79. The third-order valence-electron chi connectivity index (χ3n) is 2.39. The van der Waals surface area contributed by atoms with E-state index in [4.69, 9.17) is 0 Å². The molecule has 2 aromatic rings. The molecule has 2 rings (SSSR count). The number of nitrogens with zero attached hydrogens (tertiary/aromatic N) is 4. The summed E-state index contributed by atoms with van der Waals surface area (Å²) in [7, 11) is 3.86. The summed E-state index contributed by atoms with van der Waals surface area (Å²) in [5, 5.41) is 11.4. The SMILES string of the molecule is CNC(c1snnc1C)c1ccnn1C. The standard InChI is InChI=1S/C9H13N5S/c1-6-9(15-13-12-6)8(10-2)7-4-5-11-14(7)3/h4-5,8,10H,1-3H3. The predicted octanol–water partition coefficient (Wildman–Crippen LogP) is 0.889. The second-order valence-corrected chi connectivity index (χ2v) is 4.11. The van der Waals surface area contributed by atoms with Crippen LogP contribution in [0.5, 0.6) is 0 Å². The Morgan fingerprint density at radius 1 is 1.53 bits per heavy atom. The molecule has 15 heavy (non-hydrogen) atoms. The molecule has 0 aromatic carbocycles. The van der Waals surface area contributed by atoms with E-state index in [1.807, 2.05) is 31.8 Å². The van der Waals surface area contributed by atoms with Crippen LogP contribution >= 0.6 is 11.5 Å². The monoisotopic (exact) mass is 223 g/mol. The molecular formula is C9H13N5S. The van der Waals surface area contributed by atoms with Gasteiger partial charge in [0.05, 0.1) is 22.3 Å². The van der Waals surface area contributed by atoms with Crippen molar-refractivity contribution in [1.29, 1.82) is 0 Å². The van der Waals surface area contributed by atoms with Crippen molar-refractivity contribution >= 4 is 11.5 Å². The lowest BCUT2D eigenvalue weighted by molar-refractivity contribution is 0.610. The smallest absolute Gasteiger partial charge is 0.0874 e. The molecule has 0 bridgehead atoms. The van der Waals surface area contributed by atoms with Crippen LogP contribution in [0.1, 0.15) is 22.3 Å². The van der Waals surface area contributed by atoms with Gasteiger partial charge in [-0.05, 0) is 31.6 Å². The Morgan fingerprint density at radius 3 is 2.80 bits per heavy atom. The van der Waals surface area contributed by atoms with Gasteiger partial charge in [-0.2, -0.15) is 5.10 Å². The van der Waals surface area contributed by atoms with Crippen LogP contribution in [0.4, 0.5) is 0 Å². The number of nitrogens with one attached hydrogen (secondary N) is 1. The molecule has 0 amide bonds. The molecule has 2 heterocycles. The second kappa shape index (κ2) is 4.08. The maximum atomic E-state index is 4.17. The van der Waals surface area contributed by atoms with Gasteiger partial charge in [0.2, 0.25) is 0 Å². The van der Waals surface area contributed by atoms with E-state index in [0.717, 1.165) is 16.3 Å². The van der Waals surface area contributed by atoms with E-state index in [0.29, 0.717) is 0 Å². The quantitative estimate of drug-likeness (QED) is 0.839. The van der Waals surface area contributed by atoms with Gasteiger partial charge in [0.1, 0.15) is 0 Å². The van der Waals surface area contributed by atoms with E-state index in [1.54, 1.807) is 6.20 Å². The molecule has 1 unspecified atom stereocenters. The minimum absolute atomic E-state index is 0.123. The summed E-state index contributed by atoms with van der Waals surface area (Å²) in [5.41, 5.74) is 2.09. The van der Waals surface area contributed by atoms with Crippen LogP contribution in [0.3, 0.4) is 0 Å². The zero-order chi connectivity index (χ0) is 10.8. The first-order valence-electron chi connectivity index (χ1n) is 4.68. The lowest BCUT2D eigenvalue weighted by atomic mass is 10.1. The fourth-order valence-electron chi connectivity index (χ4n) is 1.58. The third kappa shape index (κ3) is 1.78. The van der Waals surface area contributed by atoms with Crippen molar-refractivity contribution in [2.45, 2.75) is 13.0 Å². The van der Waals surface area contributed by atoms with E-state index in [2.05, 4.69) is 20.0 Å². The van der Waals surface area contributed by atoms with Gasteiger partial charge in [-0.25, -0.2) is 0 Å². The summed E-state index contributed by atoms with van der Waals surface area (Å²) in [5.74, 6) is 0. The van der Waals surface area contributed by atoms with Crippen LogP contribution < -0.4 is 5.32 Å². The van der Waals surface area contributed by atoms with E-state index < -0.39 is 0 Å². The highest BCUT2D eigenvalue weighted by atomic mass is 32.1. The highest BCUT2D eigenvalue weighted by molar-refractivity contribution is 7.05. The molecule has 0 spiro atoms. The van der Waals surface area contributed by atoms with Crippen LogP contribution in [0.15, 0.2) is 12.3 Å². The third-order valence-corrected chi connectivity index (χ3v) is 3.28. The number of hydrogen-bond donors (Lipinski definition) is 1. The molecule has 0 aliphatic heterocycles. The first-order valence-corrected chi connectivity index (χ1v) is 5.45. The van der Waals surface area contributed by atoms with Gasteiger partial charge in [0.15, 0.2) is 0 Å². The Labute approximate surface area is 92.3 Å². The normalized spacial score (nSPS) is 13.0. The Bertz CT molecular complexity index is 407. The van der Waals surface area contributed by atoms with E-state index >= 15 is 0 Å². The van der Waals surface area contributed by atoms with Crippen molar-refractivity contribution in [2.24, 2.45) is 7.05 Å². The van der Waals surface area contributed by atoms with Crippen molar-refractivity contribution in [3.63, 3.8) is 0 Å². The average Bonchev–Trinajstić information content (AvgIpc) is 2.80. The molecular weight excluding hydrogens is 210 g/mol. The van der Waals surface area contributed by atoms with Gasteiger partial charge in [0, 0.05) is 13.2 Å². The predicted molar refractivity (Wildman–Crippen MR) is 58.8 cm³/mol. The molecule has 0 radical (unpaired) electrons.